The first kappa shape index (κ1) is 15.1. The number of rotatable bonds is 5. The second-order valence-electron chi connectivity index (χ2n) is 5.25. The highest BCUT2D eigenvalue weighted by Crippen LogP contribution is 2.31. The van der Waals surface area contributed by atoms with Gasteiger partial charge in [-0.05, 0) is 31.9 Å². The fourth-order valence-corrected chi connectivity index (χ4v) is 2.74. The van der Waals surface area contributed by atoms with Crippen LogP contribution in [0.5, 0.6) is 0 Å². The molecule has 0 aliphatic carbocycles. The molecule has 1 aromatic rings. The number of nitrogens with zero attached hydrogens (tertiary/aromatic N) is 1. The lowest BCUT2D eigenvalue weighted by Crippen LogP contribution is -2.37. The van der Waals surface area contributed by atoms with Gasteiger partial charge in [0, 0.05) is 19.6 Å². The molecule has 1 atom stereocenters. The molecular formula is C16H25NO3. The van der Waals surface area contributed by atoms with Crippen LogP contribution in [-0.4, -0.2) is 30.6 Å². The summed E-state index contributed by atoms with van der Waals surface area (Å²) in [5, 5.41) is 0. The lowest BCUT2D eigenvalue weighted by atomic mass is 10.1. The van der Waals surface area contributed by atoms with Gasteiger partial charge in [0.15, 0.2) is 0 Å². The van der Waals surface area contributed by atoms with Gasteiger partial charge >= 0.3 is 0 Å². The van der Waals surface area contributed by atoms with Crippen LogP contribution in [0.1, 0.15) is 57.1 Å². The maximum atomic E-state index is 12.3. The van der Waals surface area contributed by atoms with E-state index in [1.807, 2.05) is 24.0 Å². The second-order valence-corrected chi connectivity index (χ2v) is 5.25. The van der Waals surface area contributed by atoms with E-state index in [-0.39, 0.29) is 18.6 Å². The molecule has 2 rings (SSSR count). The van der Waals surface area contributed by atoms with Gasteiger partial charge in [-0.2, -0.15) is 0 Å². The Morgan fingerprint density at radius 1 is 1.35 bits per heavy atom. The molecule has 1 aliphatic rings. The molecule has 1 aliphatic heterocycles. The van der Waals surface area contributed by atoms with Crippen LogP contribution in [0.4, 0.5) is 0 Å². The summed E-state index contributed by atoms with van der Waals surface area (Å²) >= 11 is 0. The zero-order valence-corrected chi connectivity index (χ0v) is 12.6. The highest BCUT2D eigenvalue weighted by Gasteiger charge is 2.28. The molecule has 1 aromatic heterocycles. The van der Waals surface area contributed by atoms with Crippen molar-refractivity contribution >= 4 is 5.91 Å². The normalized spacial score (nSPS) is 19.9. The van der Waals surface area contributed by atoms with Crippen molar-refractivity contribution in [3.8, 4) is 0 Å². The van der Waals surface area contributed by atoms with Crippen molar-refractivity contribution in [3.63, 3.8) is 0 Å². The smallest absolute Gasteiger partial charge is 0.249 e. The van der Waals surface area contributed by atoms with Crippen molar-refractivity contribution in [1.29, 1.82) is 0 Å². The number of amides is 1. The summed E-state index contributed by atoms with van der Waals surface area (Å²) in [4.78, 5) is 14.3. The quantitative estimate of drug-likeness (QED) is 0.830. The first-order valence-electron chi connectivity index (χ1n) is 7.72. The fraction of sp³-hybridized carbons (Fsp3) is 0.688. The Morgan fingerprint density at radius 3 is 2.90 bits per heavy atom. The van der Waals surface area contributed by atoms with Gasteiger partial charge in [0.25, 0.3) is 0 Å². The highest BCUT2D eigenvalue weighted by molar-refractivity contribution is 5.78. The van der Waals surface area contributed by atoms with Gasteiger partial charge in [-0.25, -0.2) is 0 Å². The number of hydrogen-bond acceptors (Lipinski definition) is 3. The van der Waals surface area contributed by atoms with Crippen LogP contribution in [0.15, 0.2) is 16.5 Å². The Kier molecular flexibility index (Phi) is 5.65. The Hall–Kier alpha value is -1.29. The molecule has 4 nitrogen and oxygen atoms in total. The molecule has 112 valence electrons. The van der Waals surface area contributed by atoms with Crippen molar-refractivity contribution in [2.45, 2.75) is 52.0 Å². The molecule has 0 saturated carbocycles. The van der Waals surface area contributed by atoms with Gasteiger partial charge in [-0.3, -0.25) is 4.79 Å². The molecule has 1 fully saturated rings. The number of ether oxygens (including phenoxy) is 1. The van der Waals surface area contributed by atoms with E-state index >= 15 is 0 Å². The third-order valence-electron chi connectivity index (χ3n) is 3.86. The van der Waals surface area contributed by atoms with E-state index in [4.69, 9.17) is 9.15 Å². The zero-order valence-electron chi connectivity index (χ0n) is 12.6. The minimum absolute atomic E-state index is 0.0748. The topological polar surface area (TPSA) is 42.7 Å². The summed E-state index contributed by atoms with van der Waals surface area (Å²) in [5.74, 6) is 1.99. The summed E-state index contributed by atoms with van der Waals surface area (Å²) in [6.07, 6.45) is 5.26. The minimum Gasteiger partial charge on any atom is -0.464 e. The van der Waals surface area contributed by atoms with E-state index in [0.29, 0.717) is 6.61 Å². The second kappa shape index (κ2) is 7.48. The third kappa shape index (κ3) is 3.63. The molecule has 0 radical (unpaired) electrons. The predicted octanol–water partition coefficient (Wildman–Crippen LogP) is 3.32. The van der Waals surface area contributed by atoms with Gasteiger partial charge < -0.3 is 14.1 Å². The van der Waals surface area contributed by atoms with E-state index in [1.165, 1.54) is 6.42 Å². The zero-order chi connectivity index (χ0) is 14.4. The average Bonchev–Trinajstić information content (AvgIpc) is 2.81. The maximum absolute atomic E-state index is 12.3. The van der Waals surface area contributed by atoms with Crippen LogP contribution >= 0.6 is 0 Å². The fourth-order valence-electron chi connectivity index (χ4n) is 2.74. The van der Waals surface area contributed by atoms with Gasteiger partial charge in [0.05, 0.1) is 6.04 Å². The van der Waals surface area contributed by atoms with Crippen LogP contribution in [0.25, 0.3) is 0 Å². The molecule has 0 N–H and O–H groups in total. The number of carbonyl (C=O) groups is 1. The maximum Gasteiger partial charge on any atom is 0.249 e. The van der Waals surface area contributed by atoms with Crippen molar-refractivity contribution in [3.05, 3.63) is 23.7 Å². The van der Waals surface area contributed by atoms with Crippen LogP contribution in [0, 0.1) is 0 Å². The molecular weight excluding hydrogens is 254 g/mol. The molecule has 1 unspecified atom stereocenters. The summed E-state index contributed by atoms with van der Waals surface area (Å²) in [6.45, 7) is 5.54. The van der Waals surface area contributed by atoms with Crippen molar-refractivity contribution in [2.75, 3.05) is 19.8 Å². The molecule has 0 aromatic carbocycles. The largest absolute Gasteiger partial charge is 0.464 e. The minimum atomic E-state index is 0.0748. The summed E-state index contributed by atoms with van der Waals surface area (Å²) in [5.41, 5.74) is 0. The highest BCUT2D eigenvalue weighted by atomic mass is 16.5. The number of furan rings is 1. The van der Waals surface area contributed by atoms with Crippen molar-refractivity contribution in [2.24, 2.45) is 0 Å². The third-order valence-corrected chi connectivity index (χ3v) is 3.86. The lowest BCUT2D eigenvalue weighted by molar-refractivity contribution is -0.138. The Labute approximate surface area is 121 Å². The molecule has 1 amide bonds. The molecule has 20 heavy (non-hydrogen) atoms. The first-order chi connectivity index (χ1) is 9.76. The van der Waals surface area contributed by atoms with E-state index in [9.17, 15) is 4.79 Å². The van der Waals surface area contributed by atoms with Gasteiger partial charge in [-0.15, -0.1) is 0 Å². The molecule has 1 saturated heterocycles. The van der Waals surface area contributed by atoms with E-state index < -0.39 is 0 Å². The molecule has 0 bridgehead atoms. The number of likely N-dealkylation sites (tertiary alicyclic amines) is 1. The van der Waals surface area contributed by atoms with Crippen LogP contribution in [-0.2, 0) is 16.0 Å². The standard InChI is InChI=1S/C16H25NO3/c1-3-13-9-10-15(20-13)14-8-6-5-7-11-17(14)16(18)12-19-4-2/h9-10,14H,3-8,11-12H2,1-2H3. The Balaban J connectivity index is 2.13. The molecule has 2 heterocycles. The lowest BCUT2D eigenvalue weighted by Gasteiger charge is -2.28. The van der Waals surface area contributed by atoms with Crippen LogP contribution in [0.3, 0.4) is 0 Å². The Bertz CT molecular complexity index is 427. The number of carbonyl (C=O) groups excluding carboxylic acids is 1. The molecule has 0 spiro atoms. The average molecular weight is 279 g/mol. The summed E-state index contributed by atoms with van der Waals surface area (Å²) < 4.78 is 11.2. The monoisotopic (exact) mass is 279 g/mol. The van der Waals surface area contributed by atoms with Gasteiger partial charge in [-0.1, -0.05) is 19.8 Å². The first-order valence-corrected chi connectivity index (χ1v) is 7.72. The SMILES string of the molecule is CCOCC(=O)N1CCCCCC1c1ccc(CC)o1. The van der Waals surface area contributed by atoms with Gasteiger partial charge in [0.1, 0.15) is 18.1 Å². The number of aryl methyl sites for hydroxylation is 1. The van der Waals surface area contributed by atoms with E-state index in [2.05, 4.69) is 6.92 Å². The summed E-state index contributed by atoms with van der Waals surface area (Å²) in [7, 11) is 0. The predicted molar refractivity (Wildman–Crippen MR) is 77.5 cm³/mol. The van der Waals surface area contributed by atoms with E-state index in [1.54, 1.807) is 0 Å². The van der Waals surface area contributed by atoms with E-state index in [0.717, 1.165) is 43.7 Å². The van der Waals surface area contributed by atoms with Crippen molar-refractivity contribution < 1.29 is 13.9 Å². The molecule has 4 heteroatoms. The van der Waals surface area contributed by atoms with Crippen LogP contribution < -0.4 is 0 Å². The van der Waals surface area contributed by atoms with Crippen molar-refractivity contribution in [1.82, 2.24) is 4.90 Å². The Morgan fingerprint density at radius 2 is 2.20 bits per heavy atom. The summed E-state index contributed by atoms with van der Waals surface area (Å²) in [6, 6.07) is 4.12. The number of hydrogen-bond donors (Lipinski definition) is 0. The van der Waals surface area contributed by atoms with Gasteiger partial charge in [0.2, 0.25) is 5.91 Å². The van der Waals surface area contributed by atoms with Crippen LogP contribution in [0.2, 0.25) is 0 Å².